The average molecular weight is 554 g/mol. The number of nitrogens with one attached hydrogen (secondary N) is 1. The van der Waals surface area contributed by atoms with Gasteiger partial charge in [0.1, 0.15) is 5.57 Å². The van der Waals surface area contributed by atoms with Gasteiger partial charge in [0.15, 0.2) is 5.11 Å². The maximum atomic E-state index is 13.4. The molecular weight excluding hydrogens is 542 g/mol. The van der Waals surface area contributed by atoms with E-state index in [1.165, 1.54) is 0 Å². The number of halogens is 5. The van der Waals surface area contributed by atoms with Crippen LogP contribution in [-0.2, 0) is 15.8 Å². The van der Waals surface area contributed by atoms with Crippen LogP contribution >= 0.6 is 47.2 Å². The van der Waals surface area contributed by atoms with E-state index in [0.29, 0.717) is 26.8 Å². The lowest BCUT2D eigenvalue weighted by atomic mass is 10.1. The summed E-state index contributed by atoms with van der Waals surface area (Å²) in [6.07, 6.45) is -2.85. The number of nitrogens with zero attached hydrogens (tertiary/aromatic N) is 2. The van der Waals surface area contributed by atoms with Crippen LogP contribution in [0, 0.1) is 0 Å². The number of amides is 2. The van der Waals surface area contributed by atoms with E-state index in [1.807, 2.05) is 0 Å². The van der Waals surface area contributed by atoms with Gasteiger partial charge in [0, 0.05) is 26.0 Å². The van der Waals surface area contributed by atoms with Gasteiger partial charge in [-0.1, -0.05) is 35.0 Å². The SMILES string of the molecule is O=C1NC(=S)N(c2ccc(Cl)cc2)C(=O)/C1=C/c1ncc(C(F)(F)F)cc1Sc1ccc(Cl)cc1. The van der Waals surface area contributed by atoms with Crippen molar-refractivity contribution in [3.8, 4) is 0 Å². The molecule has 0 unspecified atom stereocenters. The van der Waals surface area contributed by atoms with E-state index in [1.54, 1.807) is 48.5 Å². The third-order valence-corrected chi connectivity index (χ3v) is 6.56. The van der Waals surface area contributed by atoms with Gasteiger partial charge in [-0.15, -0.1) is 0 Å². The predicted molar refractivity (Wildman–Crippen MR) is 132 cm³/mol. The van der Waals surface area contributed by atoms with Crippen molar-refractivity contribution in [1.82, 2.24) is 10.3 Å². The normalized spacial score (nSPS) is 15.5. The van der Waals surface area contributed by atoms with E-state index < -0.39 is 23.6 Å². The van der Waals surface area contributed by atoms with Gasteiger partial charge < -0.3 is 0 Å². The number of benzene rings is 2. The first-order valence-electron chi connectivity index (χ1n) is 9.70. The molecule has 1 aromatic heterocycles. The highest BCUT2D eigenvalue weighted by Gasteiger charge is 2.35. The van der Waals surface area contributed by atoms with Gasteiger partial charge in [-0.25, -0.2) is 0 Å². The number of alkyl halides is 3. The topological polar surface area (TPSA) is 62.3 Å². The second kappa shape index (κ2) is 9.98. The number of carbonyl (C=O) groups is 2. The zero-order valence-corrected chi connectivity index (χ0v) is 20.4. The van der Waals surface area contributed by atoms with Gasteiger partial charge in [-0.05, 0) is 72.9 Å². The molecule has 0 saturated carbocycles. The molecule has 0 spiro atoms. The van der Waals surface area contributed by atoms with Crippen LogP contribution in [-0.4, -0.2) is 21.9 Å². The van der Waals surface area contributed by atoms with Crippen molar-refractivity contribution in [2.75, 3.05) is 4.90 Å². The number of aromatic nitrogens is 1. The first-order chi connectivity index (χ1) is 16.5. The molecule has 35 heavy (non-hydrogen) atoms. The van der Waals surface area contributed by atoms with Crippen LogP contribution in [0.25, 0.3) is 6.08 Å². The third-order valence-electron chi connectivity index (χ3n) is 4.72. The lowest BCUT2D eigenvalue weighted by Gasteiger charge is -2.29. The number of rotatable bonds is 4. The van der Waals surface area contributed by atoms with Crippen molar-refractivity contribution in [3.63, 3.8) is 0 Å². The Bertz CT molecular complexity index is 1360. The Morgan fingerprint density at radius 1 is 1.00 bits per heavy atom. The van der Waals surface area contributed by atoms with Crippen LogP contribution < -0.4 is 10.2 Å². The molecule has 1 aliphatic heterocycles. The van der Waals surface area contributed by atoms with Crippen molar-refractivity contribution < 1.29 is 22.8 Å². The summed E-state index contributed by atoms with van der Waals surface area (Å²) in [6.45, 7) is 0. The molecule has 5 nitrogen and oxygen atoms in total. The maximum absolute atomic E-state index is 13.4. The Kier molecular flexibility index (Phi) is 7.18. The van der Waals surface area contributed by atoms with Gasteiger partial charge >= 0.3 is 6.18 Å². The van der Waals surface area contributed by atoms with Gasteiger partial charge in [0.2, 0.25) is 0 Å². The third kappa shape index (κ3) is 5.67. The Morgan fingerprint density at radius 2 is 1.60 bits per heavy atom. The number of carbonyl (C=O) groups excluding carboxylic acids is 2. The Balaban J connectivity index is 1.77. The molecule has 0 bridgehead atoms. The summed E-state index contributed by atoms with van der Waals surface area (Å²) >= 11 is 17.9. The van der Waals surface area contributed by atoms with E-state index in [2.05, 4.69) is 10.3 Å². The van der Waals surface area contributed by atoms with Crippen LogP contribution in [0.4, 0.5) is 18.9 Å². The van der Waals surface area contributed by atoms with Gasteiger partial charge in [-0.3, -0.25) is 24.8 Å². The second-order valence-electron chi connectivity index (χ2n) is 7.10. The Hall–Kier alpha value is -2.92. The van der Waals surface area contributed by atoms with Crippen molar-refractivity contribution in [2.24, 2.45) is 0 Å². The van der Waals surface area contributed by atoms with Crippen LogP contribution in [0.5, 0.6) is 0 Å². The average Bonchev–Trinajstić information content (AvgIpc) is 2.79. The van der Waals surface area contributed by atoms with Crippen molar-refractivity contribution in [3.05, 3.63) is 87.7 Å². The fraction of sp³-hybridized carbons (Fsp3) is 0.0435. The number of hydrogen-bond donors (Lipinski definition) is 1. The van der Waals surface area contributed by atoms with E-state index >= 15 is 0 Å². The minimum Gasteiger partial charge on any atom is -0.298 e. The molecule has 178 valence electrons. The molecule has 4 rings (SSSR count). The van der Waals surface area contributed by atoms with Gasteiger partial charge in [0.05, 0.1) is 16.9 Å². The lowest BCUT2D eigenvalue weighted by Crippen LogP contribution is -2.54. The number of pyridine rings is 1. The molecule has 1 N–H and O–H groups in total. The molecule has 12 heteroatoms. The van der Waals surface area contributed by atoms with E-state index in [9.17, 15) is 22.8 Å². The van der Waals surface area contributed by atoms with Crippen LogP contribution in [0.1, 0.15) is 11.3 Å². The molecule has 1 aliphatic rings. The molecule has 1 saturated heterocycles. The highest BCUT2D eigenvalue weighted by Crippen LogP contribution is 2.37. The minimum atomic E-state index is -4.64. The van der Waals surface area contributed by atoms with Crippen LogP contribution in [0.3, 0.4) is 0 Å². The first-order valence-corrected chi connectivity index (χ1v) is 11.7. The largest absolute Gasteiger partial charge is 0.417 e. The summed E-state index contributed by atoms with van der Waals surface area (Å²) in [5, 5.41) is 3.17. The van der Waals surface area contributed by atoms with E-state index in [4.69, 9.17) is 35.4 Å². The van der Waals surface area contributed by atoms with Crippen LogP contribution in [0.2, 0.25) is 10.0 Å². The maximum Gasteiger partial charge on any atom is 0.417 e. The van der Waals surface area contributed by atoms with E-state index in [-0.39, 0.29) is 21.3 Å². The Morgan fingerprint density at radius 3 is 2.20 bits per heavy atom. The Labute approximate surface area is 216 Å². The summed E-state index contributed by atoms with van der Waals surface area (Å²) in [6, 6.07) is 13.5. The smallest absolute Gasteiger partial charge is 0.298 e. The molecule has 1 fully saturated rings. The summed E-state index contributed by atoms with van der Waals surface area (Å²) in [4.78, 5) is 31.5. The molecule has 0 atom stereocenters. The molecule has 2 amide bonds. The summed E-state index contributed by atoms with van der Waals surface area (Å²) < 4.78 is 40.1. The fourth-order valence-electron chi connectivity index (χ4n) is 3.05. The molecule has 2 heterocycles. The van der Waals surface area contributed by atoms with Crippen molar-refractivity contribution in [2.45, 2.75) is 16.0 Å². The lowest BCUT2D eigenvalue weighted by molar-refractivity contribution is -0.138. The number of hydrogen-bond acceptors (Lipinski definition) is 5. The second-order valence-corrected chi connectivity index (χ2v) is 9.47. The molecule has 0 radical (unpaired) electrons. The zero-order chi connectivity index (χ0) is 25.3. The monoisotopic (exact) mass is 553 g/mol. The summed E-state index contributed by atoms with van der Waals surface area (Å²) in [5.41, 5.74) is -0.968. The summed E-state index contributed by atoms with van der Waals surface area (Å²) in [5.74, 6) is -1.56. The molecule has 2 aromatic carbocycles. The molecule has 0 aliphatic carbocycles. The summed E-state index contributed by atoms with van der Waals surface area (Å²) in [7, 11) is 0. The van der Waals surface area contributed by atoms with Crippen molar-refractivity contribution in [1.29, 1.82) is 0 Å². The molecule has 3 aromatic rings. The first kappa shape index (κ1) is 25.2. The molecular formula is C23H12Cl2F3N3O2S2. The zero-order valence-electron chi connectivity index (χ0n) is 17.3. The minimum absolute atomic E-state index is 0.000300. The van der Waals surface area contributed by atoms with Gasteiger partial charge in [-0.2, -0.15) is 13.2 Å². The predicted octanol–water partition coefficient (Wildman–Crippen LogP) is 6.39. The van der Waals surface area contributed by atoms with Crippen LogP contribution in [0.15, 0.2) is 76.2 Å². The standard InChI is InChI=1S/C23H12Cl2F3N3O2S2/c24-13-1-5-15(6-2-13)31-21(33)17(20(32)30-22(31)34)10-18-19(9-12(11-29-18)23(26,27)28)35-16-7-3-14(25)4-8-16/h1-11H,(H,30,32,34)/b17-10+. The number of anilines is 1. The highest BCUT2D eigenvalue weighted by atomic mass is 35.5. The van der Waals surface area contributed by atoms with Crippen molar-refractivity contribution >= 4 is 75.9 Å². The quantitative estimate of drug-likeness (QED) is 0.230. The van der Waals surface area contributed by atoms with Gasteiger partial charge in [0.25, 0.3) is 11.8 Å². The highest BCUT2D eigenvalue weighted by molar-refractivity contribution is 7.99. The number of thiocarbonyl (C=S) groups is 1. The fourth-order valence-corrected chi connectivity index (χ4v) is 4.51. The van der Waals surface area contributed by atoms with E-state index in [0.717, 1.165) is 28.8 Å².